The molecular formula is C23H29N3O2S. The first-order valence-electron chi connectivity index (χ1n) is 10.2. The summed E-state index contributed by atoms with van der Waals surface area (Å²) in [6.45, 7) is 6.51. The number of fused-ring (bicyclic) bond motifs is 1. The Morgan fingerprint density at radius 2 is 1.83 bits per heavy atom. The summed E-state index contributed by atoms with van der Waals surface area (Å²) < 4.78 is 30.3. The molecule has 29 heavy (non-hydrogen) atoms. The van der Waals surface area contributed by atoms with Gasteiger partial charge in [-0.3, -0.25) is 0 Å². The SMILES string of the molecule is CC(C)CNS(=N)(=O)c1ccc(C2=CC3(CCNCC3)Oc3ccccc32)cc1. The van der Waals surface area contributed by atoms with Gasteiger partial charge in [0.25, 0.3) is 0 Å². The Bertz CT molecular complexity index is 1000. The highest BCUT2D eigenvalue weighted by Gasteiger charge is 2.36. The molecule has 2 aliphatic rings. The van der Waals surface area contributed by atoms with Gasteiger partial charge in [-0.25, -0.2) is 13.7 Å². The molecule has 2 aliphatic heterocycles. The first-order valence-corrected chi connectivity index (χ1v) is 11.8. The van der Waals surface area contributed by atoms with E-state index in [0.717, 1.165) is 48.4 Å². The van der Waals surface area contributed by atoms with Crippen LogP contribution in [-0.2, 0) is 9.92 Å². The summed E-state index contributed by atoms with van der Waals surface area (Å²) in [5, 5.41) is 3.41. The summed E-state index contributed by atoms with van der Waals surface area (Å²) in [6, 6.07) is 15.7. The van der Waals surface area contributed by atoms with Gasteiger partial charge in [0.1, 0.15) is 21.3 Å². The normalized spacial score (nSPS) is 19.9. The summed E-state index contributed by atoms with van der Waals surface area (Å²) in [5.74, 6) is 1.25. The van der Waals surface area contributed by atoms with E-state index in [1.165, 1.54) is 0 Å². The van der Waals surface area contributed by atoms with Gasteiger partial charge in [0.2, 0.25) is 0 Å². The third-order valence-corrected chi connectivity index (χ3v) is 7.05. The lowest BCUT2D eigenvalue weighted by Crippen LogP contribution is -2.46. The minimum Gasteiger partial charge on any atom is -0.482 e. The third kappa shape index (κ3) is 4.25. The van der Waals surface area contributed by atoms with E-state index in [-0.39, 0.29) is 5.60 Å². The summed E-state index contributed by atoms with van der Waals surface area (Å²) in [7, 11) is -2.99. The molecule has 0 aromatic heterocycles. The Morgan fingerprint density at radius 1 is 1.14 bits per heavy atom. The number of hydrogen-bond donors (Lipinski definition) is 3. The molecular weight excluding hydrogens is 382 g/mol. The molecule has 0 bridgehead atoms. The van der Waals surface area contributed by atoms with Crippen molar-refractivity contribution < 1.29 is 8.95 Å². The fourth-order valence-electron chi connectivity index (χ4n) is 3.90. The van der Waals surface area contributed by atoms with Crippen molar-refractivity contribution in [3.8, 4) is 5.75 Å². The van der Waals surface area contributed by atoms with Gasteiger partial charge in [0.05, 0.1) is 4.90 Å². The minimum atomic E-state index is -2.99. The lowest BCUT2D eigenvalue weighted by molar-refractivity contribution is 0.0817. The van der Waals surface area contributed by atoms with E-state index < -0.39 is 9.92 Å². The second kappa shape index (κ2) is 7.94. The summed E-state index contributed by atoms with van der Waals surface area (Å²) in [4.78, 5) is 0.513. The maximum Gasteiger partial charge on any atom is 0.134 e. The topological polar surface area (TPSA) is 74.2 Å². The van der Waals surface area contributed by atoms with E-state index in [4.69, 9.17) is 9.52 Å². The van der Waals surface area contributed by atoms with Gasteiger partial charge in [-0.1, -0.05) is 44.2 Å². The zero-order chi connectivity index (χ0) is 20.5. The zero-order valence-corrected chi connectivity index (χ0v) is 17.9. The molecule has 3 N–H and O–H groups in total. The van der Waals surface area contributed by atoms with Crippen LogP contribution < -0.4 is 14.8 Å². The largest absolute Gasteiger partial charge is 0.482 e. The number of benzene rings is 2. The number of piperidine rings is 1. The lowest BCUT2D eigenvalue weighted by Gasteiger charge is -2.40. The molecule has 4 rings (SSSR count). The molecule has 1 unspecified atom stereocenters. The van der Waals surface area contributed by atoms with E-state index in [1.54, 1.807) is 0 Å². The third-order valence-electron chi connectivity index (χ3n) is 5.54. The summed E-state index contributed by atoms with van der Waals surface area (Å²) >= 11 is 0. The molecule has 2 heterocycles. The van der Waals surface area contributed by atoms with Gasteiger partial charge in [0, 0.05) is 24.9 Å². The van der Waals surface area contributed by atoms with Crippen LogP contribution in [0.2, 0.25) is 0 Å². The Hall–Kier alpha value is -2.15. The number of nitrogens with one attached hydrogen (secondary N) is 3. The van der Waals surface area contributed by atoms with Crippen molar-refractivity contribution >= 4 is 15.5 Å². The first-order chi connectivity index (χ1) is 13.9. The van der Waals surface area contributed by atoms with Gasteiger partial charge in [-0.15, -0.1) is 0 Å². The lowest BCUT2D eigenvalue weighted by atomic mass is 9.83. The van der Waals surface area contributed by atoms with Crippen LogP contribution in [0.1, 0.15) is 37.8 Å². The second-order valence-electron chi connectivity index (χ2n) is 8.29. The number of hydrogen-bond acceptors (Lipinski definition) is 4. The minimum absolute atomic E-state index is 0.282. The molecule has 2 aromatic rings. The molecule has 6 heteroatoms. The van der Waals surface area contributed by atoms with Crippen molar-refractivity contribution in [2.75, 3.05) is 19.6 Å². The standard InChI is InChI=1S/C23H29N3O2S/c1-17(2)16-26-29(24,27)19-9-7-18(8-10-19)21-15-23(11-13-25-14-12-23)28-22-6-4-3-5-20(21)22/h3-10,15,17,25H,11-14,16H2,1-2H3,(H2,24,26,27). The van der Waals surface area contributed by atoms with Crippen molar-refractivity contribution in [2.45, 2.75) is 37.2 Å². The molecule has 1 fully saturated rings. The van der Waals surface area contributed by atoms with Crippen LogP contribution in [-0.4, -0.2) is 29.4 Å². The maximum absolute atomic E-state index is 12.7. The summed E-state index contributed by atoms with van der Waals surface area (Å²) in [5.41, 5.74) is 3.00. The Morgan fingerprint density at radius 3 is 2.52 bits per heavy atom. The van der Waals surface area contributed by atoms with Gasteiger partial charge in [-0.05, 0) is 54.4 Å². The predicted molar refractivity (Wildman–Crippen MR) is 117 cm³/mol. The molecule has 154 valence electrons. The van der Waals surface area contributed by atoms with Crippen molar-refractivity contribution in [3.63, 3.8) is 0 Å². The van der Waals surface area contributed by atoms with Crippen LogP contribution in [0.15, 0.2) is 59.5 Å². The quantitative estimate of drug-likeness (QED) is 0.690. The Balaban J connectivity index is 1.69. The van der Waals surface area contributed by atoms with E-state index in [9.17, 15) is 4.21 Å². The van der Waals surface area contributed by atoms with Crippen molar-refractivity contribution in [1.29, 1.82) is 4.78 Å². The number of rotatable bonds is 5. The van der Waals surface area contributed by atoms with Crippen molar-refractivity contribution in [1.82, 2.24) is 10.0 Å². The molecule has 0 aliphatic carbocycles. The number of ether oxygens (including phenoxy) is 1. The van der Waals surface area contributed by atoms with Crippen molar-refractivity contribution in [2.24, 2.45) is 5.92 Å². The van der Waals surface area contributed by atoms with Crippen LogP contribution in [0, 0.1) is 10.7 Å². The maximum atomic E-state index is 12.7. The fraction of sp³-hybridized carbons (Fsp3) is 0.391. The molecule has 0 radical (unpaired) electrons. The molecule has 0 saturated carbocycles. The van der Waals surface area contributed by atoms with Crippen LogP contribution in [0.3, 0.4) is 0 Å². The number of para-hydroxylation sites is 1. The van der Waals surface area contributed by atoms with E-state index in [2.05, 4.69) is 22.2 Å². The molecule has 2 aromatic carbocycles. The molecule has 5 nitrogen and oxygen atoms in total. The average Bonchev–Trinajstić information content (AvgIpc) is 2.72. The highest BCUT2D eigenvalue weighted by Crippen LogP contribution is 2.42. The van der Waals surface area contributed by atoms with E-state index in [0.29, 0.717) is 17.4 Å². The second-order valence-corrected chi connectivity index (χ2v) is 10.2. The highest BCUT2D eigenvalue weighted by molar-refractivity contribution is 7.90. The van der Waals surface area contributed by atoms with E-state index in [1.807, 2.05) is 56.3 Å². The summed E-state index contributed by atoms with van der Waals surface area (Å²) in [6.07, 6.45) is 4.13. The van der Waals surface area contributed by atoms with Gasteiger partial charge in [0.15, 0.2) is 0 Å². The van der Waals surface area contributed by atoms with Crippen LogP contribution in [0.25, 0.3) is 5.57 Å². The Kier molecular flexibility index (Phi) is 5.51. The smallest absolute Gasteiger partial charge is 0.134 e. The monoisotopic (exact) mass is 411 g/mol. The van der Waals surface area contributed by atoms with Crippen LogP contribution >= 0.6 is 0 Å². The predicted octanol–water partition coefficient (Wildman–Crippen LogP) is 4.20. The fourth-order valence-corrected chi connectivity index (χ4v) is 5.15. The van der Waals surface area contributed by atoms with Crippen LogP contribution in [0.4, 0.5) is 0 Å². The van der Waals surface area contributed by atoms with Gasteiger partial charge < -0.3 is 10.1 Å². The van der Waals surface area contributed by atoms with Crippen molar-refractivity contribution in [3.05, 3.63) is 65.7 Å². The molecule has 1 spiro atoms. The zero-order valence-electron chi connectivity index (χ0n) is 17.0. The molecule has 0 amide bonds. The van der Waals surface area contributed by atoms with E-state index >= 15 is 0 Å². The highest BCUT2D eigenvalue weighted by atomic mass is 32.2. The average molecular weight is 412 g/mol. The van der Waals surface area contributed by atoms with Crippen LogP contribution in [0.5, 0.6) is 5.75 Å². The molecule has 1 atom stereocenters. The van der Waals surface area contributed by atoms with Gasteiger partial charge >= 0.3 is 0 Å². The first kappa shape index (κ1) is 20.1. The molecule has 1 saturated heterocycles. The Labute approximate surface area is 173 Å². The van der Waals surface area contributed by atoms with Gasteiger partial charge in [-0.2, -0.15) is 0 Å².